The van der Waals surface area contributed by atoms with Crippen LogP contribution in [0, 0.1) is 5.92 Å². The summed E-state index contributed by atoms with van der Waals surface area (Å²) >= 11 is 0. The molecule has 0 bridgehead atoms. The third kappa shape index (κ3) is 3.38. The van der Waals surface area contributed by atoms with Gasteiger partial charge in [-0.15, -0.1) is 0 Å². The van der Waals surface area contributed by atoms with E-state index in [4.69, 9.17) is 10.2 Å². The van der Waals surface area contributed by atoms with Crippen molar-refractivity contribution in [2.24, 2.45) is 5.92 Å². The number of carboxylic acid groups (broad SMARTS) is 2. The van der Waals surface area contributed by atoms with Crippen molar-refractivity contribution in [3.05, 3.63) is 12.2 Å². The highest BCUT2D eigenvalue weighted by atomic mass is 16.4. The first-order chi connectivity index (χ1) is 7.50. The summed E-state index contributed by atoms with van der Waals surface area (Å²) in [4.78, 5) is 32.6. The van der Waals surface area contributed by atoms with Crippen molar-refractivity contribution in [2.45, 2.75) is 25.3 Å². The van der Waals surface area contributed by atoms with E-state index in [0.29, 0.717) is 12.8 Å². The van der Waals surface area contributed by atoms with Gasteiger partial charge in [-0.05, 0) is 12.8 Å². The Bertz CT molecular complexity index is 328. The molecule has 1 rings (SSSR count). The van der Waals surface area contributed by atoms with Crippen LogP contribution in [-0.2, 0) is 14.4 Å². The number of allylic oxidation sites excluding steroid dienone is 2. The summed E-state index contributed by atoms with van der Waals surface area (Å²) in [6.07, 6.45) is 4.23. The van der Waals surface area contributed by atoms with E-state index < -0.39 is 30.3 Å². The van der Waals surface area contributed by atoms with Crippen LogP contribution >= 0.6 is 0 Å². The number of nitrogens with one attached hydrogen (secondary N) is 1. The Kier molecular flexibility index (Phi) is 4.04. The lowest BCUT2D eigenvalue weighted by Gasteiger charge is -2.15. The van der Waals surface area contributed by atoms with Gasteiger partial charge >= 0.3 is 11.9 Å². The molecule has 1 aliphatic rings. The van der Waals surface area contributed by atoms with Gasteiger partial charge in [0, 0.05) is 5.92 Å². The van der Waals surface area contributed by atoms with E-state index in [1.807, 2.05) is 12.2 Å². The second-order valence-corrected chi connectivity index (χ2v) is 3.64. The van der Waals surface area contributed by atoms with Crippen LogP contribution in [0.15, 0.2) is 12.2 Å². The van der Waals surface area contributed by atoms with E-state index >= 15 is 0 Å². The van der Waals surface area contributed by atoms with Gasteiger partial charge in [-0.2, -0.15) is 0 Å². The number of carboxylic acids is 2. The smallest absolute Gasteiger partial charge is 0.326 e. The third-order valence-corrected chi connectivity index (χ3v) is 2.37. The maximum Gasteiger partial charge on any atom is 0.326 e. The fourth-order valence-electron chi connectivity index (χ4n) is 1.50. The Morgan fingerprint density at radius 2 is 1.81 bits per heavy atom. The molecular weight excluding hydrogens is 214 g/mol. The van der Waals surface area contributed by atoms with Crippen LogP contribution in [0.3, 0.4) is 0 Å². The summed E-state index contributed by atoms with van der Waals surface area (Å²) in [5.74, 6) is -3.26. The van der Waals surface area contributed by atoms with Gasteiger partial charge < -0.3 is 15.5 Å². The van der Waals surface area contributed by atoms with Crippen molar-refractivity contribution >= 4 is 17.8 Å². The Morgan fingerprint density at radius 3 is 2.25 bits per heavy atom. The maximum absolute atomic E-state index is 11.5. The predicted octanol–water partition coefficient (Wildman–Crippen LogP) is -0.00330. The van der Waals surface area contributed by atoms with Gasteiger partial charge in [0.15, 0.2) is 0 Å². The SMILES string of the molecule is O=C(O)CC(NC(=O)C1CC=CC1)C(=O)O. The lowest BCUT2D eigenvalue weighted by molar-refractivity contribution is -0.147. The average Bonchev–Trinajstić information content (AvgIpc) is 2.68. The molecule has 0 saturated carbocycles. The van der Waals surface area contributed by atoms with E-state index in [9.17, 15) is 14.4 Å². The molecule has 1 amide bonds. The third-order valence-electron chi connectivity index (χ3n) is 2.37. The van der Waals surface area contributed by atoms with E-state index in [-0.39, 0.29) is 5.92 Å². The van der Waals surface area contributed by atoms with Crippen LogP contribution in [0.2, 0.25) is 0 Å². The van der Waals surface area contributed by atoms with Gasteiger partial charge in [-0.1, -0.05) is 12.2 Å². The minimum atomic E-state index is -1.36. The molecule has 0 heterocycles. The number of hydrogen-bond acceptors (Lipinski definition) is 3. The highest BCUT2D eigenvalue weighted by Gasteiger charge is 2.27. The molecule has 3 N–H and O–H groups in total. The molecule has 1 unspecified atom stereocenters. The Labute approximate surface area is 92.0 Å². The van der Waals surface area contributed by atoms with Gasteiger partial charge in [-0.3, -0.25) is 9.59 Å². The molecule has 0 fully saturated rings. The molecule has 1 aliphatic carbocycles. The Balaban J connectivity index is 2.50. The highest BCUT2D eigenvalue weighted by Crippen LogP contribution is 2.17. The minimum Gasteiger partial charge on any atom is -0.481 e. The first-order valence-corrected chi connectivity index (χ1v) is 4.90. The number of aliphatic carboxylic acids is 2. The second kappa shape index (κ2) is 5.29. The number of carbonyl (C=O) groups excluding carboxylic acids is 1. The van der Waals surface area contributed by atoms with Crippen LogP contribution in [-0.4, -0.2) is 34.1 Å². The first kappa shape index (κ1) is 12.2. The summed E-state index contributed by atoms with van der Waals surface area (Å²) in [6, 6.07) is -1.36. The molecule has 0 radical (unpaired) electrons. The summed E-state index contributed by atoms with van der Waals surface area (Å²) < 4.78 is 0. The summed E-state index contributed by atoms with van der Waals surface area (Å²) in [7, 11) is 0. The molecule has 0 aromatic rings. The quantitative estimate of drug-likeness (QED) is 0.573. The van der Waals surface area contributed by atoms with Gasteiger partial charge in [0.25, 0.3) is 0 Å². The van der Waals surface area contributed by atoms with Gasteiger partial charge in [0.2, 0.25) is 5.91 Å². The molecule has 0 spiro atoms. The molecule has 6 heteroatoms. The number of carbonyl (C=O) groups is 3. The van der Waals surface area contributed by atoms with Crippen molar-refractivity contribution in [3.8, 4) is 0 Å². The van der Waals surface area contributed by atoms with Gasteiger partial charge in [0.05, 0.1) is 6.42 Å². The largest absolute Gasteiger partial charge is 0.481 e. The lowest BCUT2D eigenvalue weighted by atomic mass is 10.1. The zero-order valence-electron chi connectivity index (χ0n) is 8.55. The first-order valence-electron chi connectivity index (χ1n) is 4.90. The molecule has 6 nitrogen and oxygen atoms in total. The molecule has 88 valence electrons. The molecular formula is C10H13NO5. The standard InChI is InChI=1S/C10H13NO5/c12-8(13)5-7(10(15)16)11-9(14)6-3-1-2-4-6/h1-2,6-7H,3-5H2,(H,11,14)(H,12,13)(H,15,16). The highest BCUT2D eigenvalue weighted by molar-refractivity contribution is 5.88. The van der Waals surface area contributed by atoms with Crippen LogP contribution in [0.4, 0.5) is 0 Å². The average molecular weight is 227 g/mol. The summed E-state index contributed by atoms with van der Waals surface area (Å²) in [6.45, 7) is 0. The summed E-state index contributed by atoms with van der Waals surface area (Å²) in [5.41, 5.74) is 0. The lowest BCUT2D eigenvalue weighted by Crippen LogP contribution is -2.44. The molecule has 0 saturated heterocycles. The van der Waals surface area contributed by atoms with Gasteiger partial charge in [-0.25, -0.2) is 4.79 Å². The maximum atomic E-state index is 11.5. The normalized spacial score (nSPS) is 17.0. The van der Waals surface area contributed by atoms with Crippen molar-refractivity contribution in [1.82, 2.24) is 5.32 Å². The van der Waals surface area contributed by atoms with Gasteiger partial charge in [0.1, 0.15) is 6.04 Å². The number of hydrogen-bond donors (Lipinski definition) is 3. The van der Waals surface area contributed by atoms with Crippen molar-refractivity contribution < 1.29 is 24.6 Å². The predicted molar refractivity (Wildman–Crippen MR) is 53.7 cm³/mol. The van der Waals surface area contributed by atoms with Crippen LogP contribution < -0.4 is 5.32 Å². The van der Waals surface area contributed by atoms with Crippen LogP contribution in [0.25, 0.3) is 0 Å². The van der Waals surface area contributed by atoms with Crippen molar-refractivity contribution in [1.29, 1.82) is 0 Å². The Hall–Kier alpha value is -1.85. The van der Waals surface area contributed by atoms with Crippen LogP contribution in [0.5, 0.6) is 0 Å². The number of amides is 1. The van der Waals surface area contributed by atoms with E-state index in [1.54, 1.807) is 0 Å². The molecule has 0 aromatic carbocycles. The van der Waals surface area contributed by atoms with Crippen molar-refractivity contribution in [3.63, 3.8) is 0 Å². The Morgan fingerprint density at radius 1 is 1.25 bits per heavy atom. The topological polar surface area (TPSA) is 104 Å². The van der Waals surface area contributed by atoms with E-state index in [0.717, 1.165) is 0 Å². The fourth-order valence-corrected chi connectivity index (χ4v) is 1.50. The van der Waals surface area contributed by atoms with E-state index in [2.05, 4.69) is 5.32 Å². The second-order valence-electron chi connectivity index (χ2n) is 3.64. The number of rotatable bonds is 5. The molecule has 16 heavy (non-hydrogen) atoms. The zero-order valence-corrected chi connectivity index (χ0v) is 8.55. The zero-order chi connectivity index (χ0) is 12.1. The monoisotopic (exact) mass is 227 g/mol. The molecule has 0 aliphatic heterocycles. The molecule has 1 atom stereocenters. The van der Waals surface area contributed by atoms with Crippen molar-refractivity contribution in [2.75, 3.05) is 0 Å². The van der Waals surface area contributed by atoms with E-state index in [1.165, 1.54) is 0 Å². The minimum absolute atomic E-state index is 0.268. The van der Waals surface area contributed by atoms with Crippen LogP contribution in [0.1, 0.15) is 19.3 Å². The fraction of sp³-hybridized carbons (Fsp3) is 0.500. The molecule has 0 aromatic heterocycles. The summed E-state index contributed by atoms with van der Waals surface area (Å²) in [5, 5.41) is 19.4.